The van der Waals surface area contributed by atoms with Crippen molar-refractivity contribution in [2.45, 2.75) is 25.6 Å². The van der Waals surface area contributed by atoms with Crippen LogP contribution < -0.4 is 4.74 Å². The predicted octanol–water partition coefficient (Wildman–Crippen LogP) is 3.21. The molecule has 0 radical (unpaired) electrons. The van der Waals surface area contributed by atoms with E-state index in [9.17, 15) is 0 Å². The first-order valence-electron chi connectivity index (χ1n) is 6.19. The zero-order valence-corrected chi connectivity index (χ0v) is 11.2. The van der Waals surface area contributed by atoms with Crippen LogP contribution in [-0.4, -0.2) is 31.1 Å². The third kappa shape index (κ3) is 4.35. The number of halogens is 1. The van der Waals surface area contributed by atoms with Crippen molar-refractivity contribution in [2.75, 3.05) is 19.8 Å². The molecule has 0 aromatic carbocycles. The van der Waals surface area contributed by atoms with Gasteiger partial charge in [-0.25, -0.2) is 9.83 Å². The van der Waals surface area contributed by atoms with Crippen LogP contribution in [-0.2, 0) is 9.47 Å². The van der Waals surface area contributed by atoms with Gasteiger partial charge in [0.05, 0.1) is 13.2 Å². The lowest BCUT2D eigenvalue weighted by atomic mass is 10.2. The van der Waals surface area contributed by atoms with Crippen LogP contribution in [0.1, 0.15) is 19.3 Å². The molecule has 0 amide bonds. The highest BCUT2D eigenvalue weighted by atomic mass is 35.5. The molecule has 0 bridgehead atoms. The number of ether oxygens (including phenoxy) is 3. The number of hydrogen-bond donors (Lipinski definition) is 0. The normalized spacial score (nSPS) is 18.8. The van der Waals surface area contributed by atoms with Gasteiger partial charge in [0.2, 0.25) is 11.6 Å². The summed E-state index contributed by atoms with van der Waals surface area (Å²) in [6.07, 6.45) is 3.06. The molecule has 0 aliphatic carbocycles. The summed E-state index contributed by atoms with van der Waals surface area (Å²) in [5.41, 5.74) is 0.320. The molecule has 2 heterocycles. The van der Waals surface area contributed by atoms with Crippen LogP contribution in [0.5, 0.6) is 5.88 Å². The Kier molecular flexibility index (Phi) is 5.40. The standard InChI is InChI=1S/C13H15ClN2O3/c1-15-10-5-6-11(16-13(10)14)17-8-9-19-12-4-2-3-7-18-12/h5-6,12H,2-4,7-9H2. The molecule has 6 heteroatoms. The molecule has 0 spiro atoms. The minimum atomic E-state index is -0.113. The first-order chi connectivity index (χ1) is 9.29. The van der Waals surface area contributed by atoms with Crippen molar-refractivity contribution in [1.29, 1.82) is 0 Å². The largest absolute Gasteiger partial charge is 0.475 e. The highest BCUT2D eigenvalue weighted by Crippen LogP contribution is 2.25. The number of pyridine rings is 1. The summed E-state index contributed by atoms with van der Waals surface area (Å²) < 4.78 is 16.4. The van der Waals surface area contributed by atoms with Crippen LogP contribution in [0.4, 0.5) is 5.69 Å². The minimum absolute atomic E-state index is 0.113. The second-order valence-corrected chi connectivity index (χ2v) is 4.44. The van der Waals surface area contributed by atoms with Gasteiger partial charge in [0.25, 0.3) is 0 Å². The summed E-state index contributed by atoms with van der Waals surface area (Å²) in [7, 11) is 0. The lowest BCUT2D eigenvalue weighted by molar-refractivity contribution is -0.165. The molecule has 1 atom stereocenters. The van der Waals surface area contributed by atoms with Crippen LogP contribution in [0, 0.1) is 6.57 Å². The predicted molar refractivity (Wildman–Crippen MR) is 70.5 cm³/mol. The van der Waals surface area contributed by atoms with E-state index in [1.165, 1.54) is 0 Å². The third-order valence-corrected chi connectivity index (χ3v) is 2.98. The fourth-order valence-corrected chi connectivity index (χ4v) is 1.93. The van der Waals surface area contributed by atoms with E-state index in [4.69, 9.17) is 32.4 Å². The molecule has 5 nitrogen and oxygen atoms in total. The molecule has 1 aliphatic rings. The van der Waals surface area contributed by atoms with Crippen molar-refractivity contribution in [3.63, 3.8) is 0 Å². The molecule has 1 aromatic rings. The third-order valence-electron chi connectivity index (χ3n) is 2.70. The van der Waals surface area contributed by atoms with Gasteiger partial charge in [-0.1, -0.05) is 11.6 Å². The van der Waals surface area contributed by atoms with Gasteiger partial charge < -0.3 is 14.2 Å². The van der Waals surface area contributed by atoms with E-state index in [1.807, 2.05) is 0 Å². The summed E-state index contributed by atoms with van der Waals surface area (Å²) in [6, 6.07) is 3.21. The van der Waals surface area contributed by atoms with Gasteiger partial charge in [0.15, 0.2) is 6.29 Å². The maximum Gasteiger partial charge on any atom is 0.223 e. The van der Waals surface area contributed by atoms with Crippen LogP contribution >= 0.6 is 11.6 Å². The Labute approximate surface area is 117 Å². The van der Waals surface area contributed by atoms with Crippen LogP contribution in [0.25, 0.3) is 4.85 Å². The zero-order chi connectivity index (χ0) is 13.5. The average molecular weight is 283 g/mol. The van der Waals surface area contributed by atoms with Crippen molar-refractivity contribution >= 4 is 17.3 Å². The number of nitrogens with zero attached hydrogens (tertiary/aromatic N) is 2. The van der Waals surface area contributed by atoms with Gasteiger partial charge in [-0.05, 0) is 31.4 Å². The van der Waals surface area contributed by atoms with E-state index >= 15 is 0 Å². The van der Waals surface area contributed by atoms with E-state index in [-0.39, 0.29) is 11.4 Å². The Balaban J connectivity index is 1.70. The fraction of sp³-hybridized carbons (Fsp3) is 0.538. The Bertz CT molecular complexity index is 456. The molecule has 2 rings (SSSR count). The maximum absolute atomic E-state index is 6.86. The second kappa shape index (κ2) is 7.29. The summed E-state index contributed by atoms with van der Waals surface area (Å²) in [5, 5.41) is 0.157. The highest BCUT2D eigenvalue weighted by Gasteiger charge is 2.13. The van der Waals surface area contributed by atoms with Crippen molar-refractivity contribution in [3.05, 3.63) is 28.7 Å². The van der Waals surface area contributed by atoms with E-state index in [2.05, 4.69) is 9.83 Å². The highest BCUT2D eigenvalue weighted by molar-refractivity contribution is 6.32. The first-order valence-corrected chi connectivity index (χ1v) is 6.57. The lowest BCUT2D eigenvalue weighted by Crippen LogP contribution is -2.24. The molecule has 19 heavy (non-hydrogen) atoms. The molecule has 102 valence electrons. The molecular formula is C13H15ClN2O3. The molecule has 1 saturated heterocycles. The molecular weight excluding hydrogens is 268 g/mol. The van der Waals surface area contributed by atoms with E-state index in [0.717, 1.165) is 25.9 Å². The SMILES string of the molecule is [C-]#[N+]c1ccc(OCCOC2CCCCO2)nc1Cl. The van der Waals surface area contributed by atoms with Crippen molar-refractivity contribution in [1.82, 2.24) is 4.98 Å². The fourth-order valence-electron chi connectivity index (χ4n) is 1.74. The molecule has 0 saturated carbocycles. The van der Waals surface area contributed by atoms with Crippen molar-refractivity contribution in [3.8, 4) is 5.88 Å². The number of aromatic nitrogens is 1. The summed E-state index contributed by atoms with van der Waals surface area (Å²) in [4.78, 5) is 7.20. The van der Waals surface area contributed by atoms with Gasteiger partial charge in [0, 0.05) is 6.61 Å². The Morgan fingerprint density at radius 1 is 1.42 bits per heavy atom. The van der Waals surface area contributed by atoms with Gasteiger partial charge >= 0.3 is 0 Å². The van der Waals surface area contributed by atoms with E-state index in [1.54, 1.807) is 12.1 Å². The van der Waals surface area contributed by atoms with Crippen molar-refractivity contribution in [2.24, 2.45) is 0 Å². The molecule has 0 N–H and O–H groups in total. The zero-order valence-electron chi connectivity index (χ0n) is 10.5. The monoisotopic (exact) mass is 282 g/mol. The minimum Gasteiger partial charge on any atom is -0.475 e. The lowest BCUT2D eigenvalue weighted by Gasteiger charge is -2.22. The first kappa shape index (κ1) is 14.1. The van der Waals surface area contributed by atoms with Crippen LogP contribution in [0.2, 0.25) is 5.15 Å². The van der Waals surface area contributed by atoms with E-state index in [0.29, 0.717) is 24.8 Å². The Morgan fingerprint density at radius 2 is 2.32 bits per heavy atom. The number of hydrogen-bond acceptors (Lipinski definition) is 4. The maximum atomic E-state index is 6.86. The Morgan fingerprint density at radius 3 is 3.00 bits per heavy atom. The van der Waals surface area contributed by atoms with Crippen LogP contribution in [0.15, 0.2) is 12.1 Å². The molecule has 1 aromatic heterocycles. The van der Waals surface area contributed by atoms with E-state index < -0.39 is 0 Å². The smallest absolute Gasteiger partial charge is 0.223 e. The van der Waals surface area contributed by atoms with Gasteiger partial charge in [-0.2, -0.15) is 0 Å². The quantitative estimate of drug-likeness (QED) is 0.473. The molecule has 1 aliphatic heterocycles. The number of rotatable bonds is 5. The molecule has 1 fully saturated rings. The van der Waals surface area contributed by atoms with Crippen molar-refractivity contribution < 1.29 is 14.2 Å². The topological polar surface area (TPSA) is 44.9 Å². The van der Waals surface area contributed by atoms with Gasteiger partial charge in [-0.15, -0.1) is 0 Å². The summed E-state index contributed by atoms with van der Waals surface area (Å²) in [5.74, 6) is 0.394. The van der Waals surface area contributed by atoms with Gasteiger partial charge in [-0.3, -0.25) is 0 Å². The summed E-state index contributed by atoms with van der Waals surface area (Å²) >= 11 is 5.81. The van der Waals surface area contributed by atoms with Crippen LogP contribution in [0.3, 0.4) is 0 Å². The van der Waals surface area contributed by atoms with Gasteiger partial charge in [0.1, 0.15) is 11.8 Å². The average Bonchev–Trinajstić information content (AvgIpc) is 2.45. The Hall–Kier alpha value is -1.35. The summed E-state index contributed by atoms with van der Waals surface area (Å²) in [6.45, 7) is 8.44. The molecule has 1 unspecified atom stereocenters. The second-order valence-electron chi connectivity index (χ2n) is 4.09.